The van der Waals surface area contributed by atoms with E-state index in [4.69, 9.17) is 4.74 Å². The molecule has 1 aromatic carbocycles. The molecular formula is C13H16BrNO2. The first-order valence-corrected chi connectivity index (χ1v) is 6.52. The highest BCUT2D eigenvalue weighted by molar-refractivity contribution is 9.10. The van der Waals surface area contributed by atoms with Crippen LogP contribution in [0.15, 0.2) is 22.7 Å². The van der Waals surface area contributed by atoms with Crippen LogP contribution < -0.4 is 4.90 Å². The summed E-state index contributed by atoms with van der Waals surface area (Å²) in [5.41, 5.74) is 1.67. The number of anilines is 1. The van der Waals surface area contributed by atoms with Gasteiger partial charge in [0.05, 0.1) is 12.1 Å². The predicted molar refractivity (Wildman–Crippen MR) is 71.8 cm³/mol. The number of rotatable bonds is 3. The summed E-state index contributed by atoms with van der Waals surface area (Å²) in [4.78, 5) is 13.2. The molecule has 1 saturated heterocycles. The molecule has 2 atom stereocenters. The van der Waals surface area contributed by atoms with E-state index in [9.17, 15) is 4.79 Å². The Morgan fingerprint density at radius 3 is 2.88 bits per heavy atom. The third kappa shape index (κ3) is 2.53. The van der Waals surface area contributed by atoms with E-state index in [1.807, 2.05) is 25.2 Å². The Bertz CT molecular complexity index is 422. The molecule has 1 aliphatic heterocycles. The van der Waals surface area contributed by atoms with Crippen molar-refractivity contribution in [3.63, 3.8) is 0 Å². The number of carbonyl (C=O) groups excluding carboxylic acids is 1. The van der Waals surface area contributed by atoms with Crippen LogP contribution in [0, 0.1) is 0 Å². The van der Waals surface area contributed by atoms with Crippen molar-refractivity contribution in [1.82, 2.24) is 0 Å². The smallest absolute Gasteiger partial charge is 0.152 e. The van der Waals surface area contributed by atoms with E-state index in [1.165, 1.54) is 0 Å². The normalized spacial score (nSPS) is 23.7. The number of hydrogen-bond donors (Lipinski definition) is 0. The highest BCUT2D eigenvalue weighted by Crippen LogP contribution is 2.28. The van der Waals surface area contributed by atoms with E-state index in [1.54, 1.807) is 0 Å². The molecular weight excluding hydrogens is 282 g/mol. The summed E-state index contributed by atoms with van der Waals surface area (Å²) in [6, 6.07) is 6.12. The lowest BCUT2D eigenvalue weighted by Crippen LogP contribution is -2.37. The van der Waals surface area contributed by atoms with Gasteiger partial charge in [-0.2, -0.15) is 0 Å². The van der Waals surface area contributed by atoms with Crippen LogP contribution in [-0.4, -0.2) is 32.1 Å². The van der Waals surface area contributed by atoms with E-state index in [2.05, 4.69) is 27.8 Å². The summed E-state index contributed by atoms with van der Waals surface area (Å²) >= 11 is 3.38. The molecule has 0 aromatic heterocycles. The van der Waals surface area contributed by atoms with Gasteiger partial charge in [-0.05, 0) is 31.5 Å². The number of aldehydes is 1. The van der Waals surface area contributed by atoms with Crippen molar-refractivity contribution in [2.24, 2.45) is 0 Å². The van der Waals surface area contributed by atoms with Gasteiger partial charge in [-0.3, -0.25) is 4.79 Å². The molecule has 1 fully saturated rings. The second-order valence-electron chi connectivity index (χ2n) is 4.36. The standard InChI is InChI=1S/C13H16BrNO2/c1-9-12(5-6-17-9)15(2)13-4-3-11(14)7-10(13)8-16/h3-4,7-9,12H,5-6H2,1-2H3. The zero-order chi connectivity index (χ0) is 12.4. The maximum atomic E-state index is 11.1. The van der Waals surface area contributed by atoms with E-state index >= 15 is 0 Å². The number of carbonyl (C=O) groups is 1. The Morgan fingerprint density at radius 2 is 2.29 bits per heavy atom. The van der Waals surface area contributed by atoms with Crippen LogP contribution in [0.25, 0.3) is 0 Å². The van der Waals surface area contributed by atoms with E-state index in [-0.39, 0.29) is 6.10 Å². The summed E-state index contributed by atoms with van der Waals surface area (Å²) in [5, 5.41) is 0. The Kier molecular flexibility index (Phi) is 3.84. The summed E-state index contributed by atoms with van der Waals surface area (Å²) in [6.07, 6.45) is 2.12. The monoisotopic (exact) mass is 297 g/mol. The topological polar surface area (TPSA) is 29.5 Å². The molecule has 1 aromatic rings. The average Bonchev–Trinajstić information content (AvgIpc) is 2.74. The summed E-state index contributed by atoms with van der Waals surface area (Å²) < 4.78 is 6.49. The fourth-order valence-electron chi connectivity index (χ4n) is 2.35. The third-order valence-corrected chi connectivity index (χ3v) is 3.82. The second kappa shape index (κ2) is 5.19. The zero-order valence-corrected chi connectivity index (χ0v) is 11.6. The first-order chi connectivity index (χ1) is 8.13. The molecule has 2 rings (SSSR count). The van der Waals surface area contributed by atoms with Crippen molar-refractivity contribution < 1.29 is 9.53 Å². The molecule has 4 heteroatoms. The van der Waals surface area contributed by atoms with Crippen LogP contribution >= 0.6 is 15.9 Å². The Labute approximate surface area is 110 Å². The molecule has 1 heterocycles. The van der Waals surface area contributed by atoms with Gasteiger partial charge in [0, 0.05) is 29.4 Å². The molecule has 0 bridgehead atoms. The van der Waals surface area contributed by atoms with Gasteiger partial charge < -0.3 is 9.64 Å². The van der Waals surface area contributed by atoms with E-state index in [0.29, 0.717) is 11.6 Å². The Balaban J connectivity index is 2.29. The largest absolute Gasteiger partial charge is 0.376 e. The van der Waals surface area contributed by atoms with Crippen LogP contribution in [0.4, 0.5) is 5.69 Å². The van der Waals surface area contributed by atoms with Crippen molar-refractivity contribution in [2.75, 3.05) is 18.6 Å². The van der Waals surface area contributed by atoms with Crippen molar-refractivity contribution in [3.05, 3.63) is 28.2 Å². The van der Waals surface area contributed by atoms with Gasteiger partial charge in [0.25, 0.3) is 0 Å². The first-order valence-electron chi connectivity index (χ1n) is 5.72. The summed E-state index contributed by atoms with van der Waals surface area (Å²) in [7, 11) is 2.02. The van der Waals surface area contributed by atoms with Crippen LogP contribution in [0.5, 0.6) is 0 Å². The zero-order valence-electron chi connectivity index (χ0n) is 10.0. The molecule has 3 nitrogen and oxygen atoms in total. The van der Waals surface area contributed by atoms with E-state index in [0.717, 1.165) is 29.5 Å². The van der Waals surface area contributed by atoms with Gasteiger partial charge in [0.2, 0.25) is 0 Å². The number of ether oxygens (including phenoxy) is 1. The summed E-state index contributed by atoms with van der Waals surface area (Å²) in [6.45, 7) is 2.87. The quantitative estimate of drug-likeness (QED) is 0.804. The maximum Gasteiger partial charge on any atom is 0.152 e. The van der Waals surface area contributed by atoms with Crippen molar-refractivity contribution >= 4 is 27.9 Å². The molecule has 0 aliphatic carbocycles. The molecule has 0 saturated carbocycles. The van der Waals surface area contributed by atoms with Crippen molar-refractivity contribution in [1.29, 1.82) is 0 Å². The molecule has 0 N–H and O–H groups in total. The van der Waals surface area contributed by atoms with Gasteiger partial charge in [-0.25, -0.2) is 0 Å². The Morgan fingerprint density at radius 1 is 1.53 bits per heavy atom. The van der Waals surface area contributed by atoms with Crippen LogP contribution in [-0.2, 0) is 4.74 Å². The van der Waals surface area contributed by atoms with Crippen LogP contribution in [0.3, 0.4) is 0 Å². The molecule has 0 spiro atoms. The minimum atomic E-state index is 0.211. The molecule has 0 radical (unpaired) electrons. The number of nitrogens with zero attached hydrogens (tertiary/aromatic N) is 1. The SMILES string of the molecule is CC1OCCC1N(C)c1ccc(Br)cc1C=O. The van der Waals surface area contributed by atoms with Crippen molar-refractivity contribution in [3.8, 4) is 0 Å². The van der Waals surface area contributed by atoms with Crippen LogP contribution in [0.1, 0.15) is 23.7 Å². The third-order valence-electron chi connectivity index (χ3n) is 3.33. The Hall–Kier alpha value is -0.870. The molecule has 0 amide bonds. The fourth-order valence-corrected chi connectivity index (χ4v) is 2.73. The minimum Gasteiger partial charge on any atom is -0.376 e. The number of benzene rings is 1. The van der Waals surface area contributed by atoms with Crippen molar-refractivity contribution in [2.45, 2.75) is 25.5 Å². The van der Waals surface area contributed by atoms with Gasteiger partial charge in [-0.15, -0.1) is 0 Å². The number of hydrogen-bond acceptors (Lipinski definition) is 3. The average molecular weight is 298 g/mol. The molecule has 17 heavy (non-hydrogen) atoms. The molecule has 2 unspecified atom stereocenters. The molecule has 92 valence electrons. The van der Waals surface area contributed by atoms with Gasteiger partial charge in [-0.1, -0.05) is 15.9 Å². The van der Waals surface area contributed by atoms with Gasteiger partial charge >= 0.3 is 0 Å². The highest BCUT2D eigenvalue weighted by atomic mass is 79.9. The first kappa shape index (κ1) is 12.6. The number of likely N-dealkylation sites (N-methyl/N-ethyl adjacent to an activating group) is 1. The fraction of sp³-hybridized carbons (Fsp3) is 0.462. The molecule has 1 aliphatic rings. The van der Waals surface area contributed by atoms with Crippen LogP contribution in [0.2, 0.25) is 0 Å². The predicted octanol–water partition coefficient (Wildman–Crippen LogP) is 2.88. The maximum absolute atomic E-state index is 11.1. The van der Waals surface area contributed by atoms with Gasteiger partial charge in [0.15, 0.2) is 6.29 Å². The lowest BCUT2D eigenvalue weighted by molar-refractivity contribution is 0.112. The van der Waals surface area contributed by atoms with E-state index < -0.39 is 0 Å². The number of halogens is 1. The lowest BCUT2D eigenvalue weighted by Gasteiger charge is -2.29. The lowest BCUT2D eigenvalue weighted by atomic mass is 10.1. The highest BCUT2D eigenvalue weighted by Gasteiger charge is 2.28. The summed E-state index contributed by atoms with van der Waals surface area (Å²) in [5.74, 6) is 0. The second-order valence-corrected chi connectivity index (χ2v) is 5.28. The minimum absolute atomic E-state index is 0.211. The van der Waals surface area contributed by atoms with Gasteiger partial charge in [0.1, 0.15) is 0 Å².